The molecule has 0 saturated carbocycles. The Hall–Kier alpha value is -3.02. The molecule has 6 heteroatoms. The molecule has 0 aliphatic carbocycles. The van der Waals surface area contributed by atoms with Crippen LogP contribution in [-0.4, -0.2) is 36.0 Å². The lowest BCUT2D eigenvalue weighted by Gasteiger charge is -2.03. The van der Waals surface area contributed by atoms with Gasteiger partial charge in [-0.15, -0.1) is 0 Å². The minimum Gasteiger partial charge on any atom is -0.504 e. The van der Waals surface area contributed by atoms with Crippen LogP contribution in [0.15, 0.2) is 36.4 Å². The van der Waals surface area contributed by atoms with E-state index in [1.165, 1.54) is 52.3 Å². The zero-order chi connectivity index (χ0) is 18.3. The average Bonchev–Trinajstić information content (AvgIpc) is 2.55. The molecule has 0 fully saturated rings. The predicted octanol–water partition coefficient (Wildman–Crippen LogP) is 3.21. The van der Waals surface area contributed by atoms with E-state index >= 15 is 0 Å². The number of phenols is 2. The van der Waals surface area contributed by atoms with E-state index in [1.54, 1.807) is 12.1 Å². The maximum absolute atomic E-state index is 10.9. The summed E-state index contributed by atoms with van der Waals surface area (Å²) in [6.07, 6.45) is 0. The number of benzene rings is 2. The lowest BCUT2D eigenvalue weighted by Crippen LogP contribution is -1.92. The monoisotopic (exact) mass is 332 g/mol. The van der Waals surface area contributed by atoms with Gasteiger partial charge in [0.25, 0.3) is 0 Å². The fourth-order valence-electron chi connectivity index (χ4n) is 1.79. The first-order chi connectivity index (χ1) is 11.3. The molecular weight excluding hydrogens is 312 g/mol. The SMILES string of the molecule is COc1cc(C(C)=O)ccc1O.COc1cc(C(C)=O)ccc1O. The van der Waals surface area contributed by atoms with E-state index in [1.807, 2.05) is 0 Å². The Morgan fingerprint density at radius 1 is 0.750 bits per heavy atom. The van der Waals surface area contributed by atoms with Gasteiger partial charge in [0, 0.05) is 11.1 Å². The van der Waals surface area contributed by atoms with Gasteiger partial charge < -0.3 is 19.7 Å². The Kier molecular flexibility index (Phi) is 6.79. The van der Waals surface area contributed by atoms with E-state index in [2.05, 4.69) is 0 Å². The van der Waals surface area contributed by atoms with Crippen LogP contribution in [0.2, 0.25) is 0 Å². The average molecular weight is 332 g/mol. The highest BCUT2D eigenvalue weighted by Gasteiger charge is 2.05. The van der Waals surface area contributed by atoms with Crippen molar-refractivity contribution in [2.45, 2.75) is 13.8 Å². The van der Waals surface area contributed by atoms with Crippen LogP contribution in [0, 0.1) is 0 Å². The minimum absolute atomic E-state index is 0.0440. The number of Topliss-reactive ketones (excluding diaryl/α,β-unsaturated/α-hetero) is 2. The Morgan fingerprint density at radius 2 is 1.08 bits per heavy atom. The molecule has 0 aliphatic heterocycles. The van der Waals surface area contributed by atoms with Crippen molar-refractivity contribution >= 4 is 11.6 Å². The fourth-order valence-corrected chi connectivity index (χ4v) is 1.79. The summed E-state index contributed by atoms with van der Waals surface area (Å²) in [6, 6.07) is 9.01. The van der Waals surface area contributed by atoms with E-state index in [0.717, 1.165) is 0 Å². The molecule has 0 bridgehead atoms. The summed E-state index contributed by atoms with van der Waals surface area (Å²) in [6.45, 7) is 2.93. The predicted molar refractivity (Wildman–Crippen MR) is 89.3 cm³/mol. The first-order valence-electron chi connectivity index (χ1n) is 7.06. The third-order valence-corrected chi connectivity index (χ3v) is 3.17. The van der Waals surface area contributed by atoms with Crippen molar-refractivity contribution in [1.29, 1.82) is 0 Å². The van der Waals surface area contributed by atoms with E-state index in [9.17, 15) is 19.8 Å². The van der Waals surface area contributed by atoms with Gasteiger partial charge >= 0.3 is 0 Å². The second kappa shape index (κ2) is 8.57. The molecule has 128 valence electrons. The zero-order valence-corrected chi connectivity index (χ0v) is 14.0. The minimum atomic E-state index is -0.0479. The number of rotatable bonds is 4. The van der Waals surface area contributed by atoms with Gasteiger partial charge in [-0.05, 0) is 50.2 Å². The second-order valence-electron chi connectivity index (χ2n) is 4.89. The summed E-state index contributed by atoms with van der Waals surface area (Å²) in [5.41, 5.74) is 1.06. The van der Waals surface area contributed by atoms with Crippen molar-refractivity contribution in [2.75, 3.05) is 14.2 Å². The molecule has 2 N–H and O–H groups in total. The van der Waals surface area contributed by atoms with Crippen molar-refractivity contribution in [3.05, 3.63) is 47.5 Å². The molecule has 24 heavy (non-hydrogen) atoms. The topological polar surface area (TPSA) is 93.1 Å². The number of aromatic hydroxyl groups is 2. The maximum Gasteiger partial charge on any atom is 0.161 e. The third-order valence-electron chi connectivity index (χ3n) is 3.17. The normalized spacial score (nSPS) is 9.50. The summed E-state index contributed by atoms with van der Waals surface area (Å²) in [4.78, 5) is 21.8. The second-order valence-corrected chi connectivity index (χ2v) is 4.89. The molecule has 0 aromatic heterocycles. The Bertz CT molecular complexity index is 673. The molecule has 0 radical (unpaired) electrons. The maximum atomic E-state index is 10.9. The van der Waals surface area contributed by atoms with Gasteiger partial charge in [-0.1, -0.05) is 0 Å². The molecule has 6 nitrogen and oxygen atoms in total. The zero-order valence-electron chi connectivity index (χ0n) is 14.0. The smallest absolute Gasteiger partial charge is 0.161 e. The number of hydrogen-bond donors (Lipinski definition) is 2. The Morgan fingerprint density at radius 3 is 1.33 bits per heavy atom. The Labute approximate surface area is 140 Å². The fraction of sp³-hybridized carbons (Fsp3) is 0.222. The molecule has 0 unspecified atom stereocenters. The highest BCUT2D eigenvalue weighted by Crippen LogP contribution is 2.27. The van der Waals surface area contributed by atoms with E-state index < -0.39 is 0 Å². The highest BCUT2D eigenvalue weighted by molar-refractivity contribution is 5.95. The van der Waals surface area contributed by atoms with Gasteiger partial charge in [-0.3, -0.25) is 9.59 Å². The van der Waals surface area contributed by atoms with Gasteiger partial charge in [0.05, 0.1) is 14.2 Å². The van der Waals surface area contributed by atoms with Crippen molar-refractivity contribution in [2.24, 2.45) is 0 Å². The summed E-state index contributed by atoms with van der Waals surface area (Å²) in [7, 11) is 2.89. The highest BCUT2D eigenvalue weighted by atomic mass is 16.5. The number of hydrogen-bond acceptors (Lipinski definition) is 6. The number of methoxy groups -OCH3 is 2. The summed E-state index contributed by atoms with van der Waals surface area (Å²) >= 11 is 0. The molecule has 0 saturated heterocycles. The van der Waals surface area contributed by atoms with E-state index in [-0.39, 0.29) is 23.1 Å². The number of ketones is 2. The van der Waals surface area contributed by atoms with Crippen LogP contribution in [0.1, 0.15) is 34.6 Å². The first kappa shape index (κ1) is 19.0. The van der Waals surface area contributed by atoms with Crippen molar-refractivity contribution in [3.8, 4) is 23.0 Å². The lowest BCUT2D eigenvalue weighted by molar-refractivity contribution is 0.100. The molecular formula is C18H20O6. The molecule has 2 rings (SSSR count). The van der Waals surface area contributed by atoms with Gasteiger partial charge in [-0.2, -0.15) is 0 Å². The first-order valence-corrected chi connectivity index (χ1v) is 7.06. The summed E-state index contributed by atoms with van der Waals surface area (Å²) < 4.78 is 9.67. The largest absolute Gasteiger partial charge is 0.504 e. The van der Waals surface area contributed by atoms with Crippen molar-refractivity contribution < 1.29 is 29.3 Å². The van der Waals surface area contributed by atoms with Gasteiger partial charge in [0.15, 0.2) is 34.6 Å². The van der Waals surface area contributed by atoms with E-state index in [0.29, 0.717) is 22.6 Å². The van der Waals surface area contributed by atoms with Crippen LogP contribution in [0.5, 0.6) is 23.0 Å². The molecule has 0 amide bonds. The van der Waals surface area contributed by atoms with Crippen LogP contribution < -0.4 is 9.47 Å². The molecule has 0 aliphatic rings. The van der Waals surface area contributed by atoms with Crippen LogP contribution in [0.3, 0.4) is 0 Å². The molecule has 2 aromatic rings. The number of carbonyl (C=O) groups is 2. The standard InChI is InChI=1S/2C9H10O3/c2*1-6(10)7-3-4-8(11)9(5-7)12-2/h2*3-5,11H,1-2H3. The Balaban J connectivity index is 0.000000240. The number of ether oxygens (including phenoxy) is 2. The van der Waals surface area contributed by atoms with Crippen molar-refractivity contribution in [3.63, 3.8) is 0 Å². The molecule has 0 heterocycles. The van der Waals surface area contributed by atoms with Gasteiger partial charge in [0.1, 0.15) is 0 Å². The van der Waals surface area contributed by atoms with Crippen LogP contribution in [0.25, 0.3) is 0 Å². The molecule has 0 atom stereocenters. The van der Waals surface area contributed by atoms with Gasteiger partial charge in [0.2, 0.25) is 0 Å². The number of phenolic OH excluding ortho intramolecular Hbond substituents is 2. The van der Waals surface area contributed by atoms with Crippen LogP contribution in [0.4, 0.5) is 0 Å². The third kappa shape index (κ3) is 5.01. The lowest BCUT2D eigenvalue weighted by atomic mass is 10.1. The summed E-state index contributed by atoms with van der Waals surface area (Å²) in [5, 5.41) is 18.4. The van der Waals surface area contributed by atoms with E-state index in [4.69, 9.17) is 9.47 Å². The van der Waals surface area contributed by atoms with Crippen LogP contribution >= 0.6 is 0 Å². The van der Waals surface area contributed by atoms with Gasteiger partial charge in [-0.25, -0.2) is 0 Å². The summed E-state index contributed by atoms with van der Waals surface area (Å²) in [5.74, 6) is 0.636. The van der Waals surface area contributed by atoms with Crippen LogP contribution in [-0.2, 0) is 0 Å². The van der Waals surface area contributed by atoms with Crippen molar-refractivity contribution in [1.82, 2.24) is 0 Å². The number of carbonyl (C=O) groups excluding carboxylic acids is 2. The molecule has 2 aromatic carbocycles. The molecule has 0 spiro atoms. The quantitative estimate of drug-likeness (QED) is 0.835.